The molecule has 0 aliphatic carbocycles. The first-order valence-corrected chi connectivity index (χ1v) is 11.5. The Morgan fingerprint density at radius 3 is 2.32 bits per heavy atom. The number of Topliss-reactive ketones (excluding diaryl/α,β-unsaturated/α-hetero) is 1. The summed E-state index contributed by atoms with van der Waals surface area (Å²) >= 11 is 0. The maximum absolute atomic E-state index is 12.4. The molecule has 0 bridgehead atoms. The number of fused-ring (bicyclic) bond motifs is 3. The largest absolute Gasteiger partial charge is 0.294 e. The third-order valence-electron chi connectivity index (χ3n) is 5.37. The van der Waals surface area contributed by atoms with Gasteiger partial charge in [-0.1, -0.05) is 44.5 Å². The minimum atomic E-state index is -0.0911. The van der Waals surface area contributed by atoms with Gasteiger partial charge in [-0.05, 0) is 67.3 Å². The smallest absolute Gasteiger partial charge is 0.187 e. The highest BCUT2D eigenvalue weighted by atomic mass is 32.2. The molecule has 3 aromatic carbocycles. The van der Waals surface area contributed by atoms with Gasteiger partial charge in [-0.2, -0.15) is 0 Å². The van der Waals surface area contributed by atoms with Crippen LogP contribution in [0.25, 0.3) is 25.1 Å². The summed E-state index contributed by atoms with van der Waals surface area (Å²) in [6, 6.07) is 24.2. The molecule has 2 heteroatoms. The Hall–Kier alpha value is -2.45. The molecular formula is C26H27OS+. The molecule has 1 aromatic heterocycles. The van der Waals surface area contributed by atoms with E-state index < -0.39 is 0 Å². The SMILES string of the molecule is CCCCc1ccc(-[s+]2c3ccccc3c3cc(C(=O)CCC)ccc32)cc1. The quantitative estimate of drug-likeness (QED) is 0.231. The lowest BCUT2D eigenvalue weighted by Crippen LogP contribution is -1.97. The van der Waals surface area contributed by atoms with Crippen molar-refractivity contribution in [1.29, 1.82) is 0 Å². The number of hydrogen-bond donors (Lipinski definition) is 0. The lowest BCUT2D eigenvalue weighted by molar-refractivity contribution is 0.0982. The zero-order chi connectivity index (χ0) is 19.5. The first-order chi connectivity index (χ1) is 13.7. The van der Waals surface area contributed by atoms with Crippen LogP contribution in [0.5, 0.6) is 0 Å². The summed E-state index contributed by atoms with van der Waals surface area (Å²) in [7, 11) is -0.0911. The number of carbonyl (C=O) groups excluding carboxylic acids is 1. The van der Waals surface area contributed by atoms with E-state index in [0.717, 1.165) is 18.4 Å². The maximum atomic E-state index is 12.4. The van der Waals surface area contributed by atoms with Crippen molar-refractivity contribution in [3.05, 3.63) is 77.9 Å². The molecular weight excluding hydrogens is 360 g/mol. The number of ketones is 1. The van der Waals surface area contributed by atoms with Gasteiger partial charge in [-0.3, -0.25) is 4.79 Å². The highest BCUT2D eigenvalue weighted by Crippen LogP contribution is 2.48. The Morgan fingerprint density at radius 1 is 0.821 bits per heavy atom. The van der Waals surface area contributed by atoms with Gasteiger partial charge in [0.25, 0.3) is 0 Å². The van der Waals surface area contributed by atoms with E-state index >= 15 is 0 Å². The zero-order valence-corrected chi connectivity index (χ0v) is 17.5. The summed E-state index contributed by atoms with van der Waals surface area (Å²) in [4.78, 5) is 13.8. The molecule has 0 radical (unpaired) electrons. The van der Waals surface area contributed by atoms with Crippen molar-refractivity contribution in [2.75, 3.05) is 0 Å². The molecule has 0 saturated carbocycles. The summed E-state index contributed by atoms with van der Waals surface area (Å²) in [5.41, 5.74) is 2.26. The van der Waals surface area contributed by atoms with Crippen LogP contribution < -0.4 is 0 Å². The standard InChI is InChI=1S/C26H27OS/c1-3-5-9-19-12-15-21(16-13-19)28-25-11-7-6-10-22(25)23-18-20(14-17-26(23)28)24(27)8-4-2/h6-7,10-18H,3-5,8-9H2,1-2H3/q+1. The molecule has 1 nitrogen and oxygen atoms in total. The van der Waals surface area contributed by atoms with Crippen molar-refractivity contribution in [2.24, 2.45) is 0 Å². The normalized spacial score (nSPS) is 12.0. The number of thiophene rings is 1. The van der Waals surface area contributed by atoms with Gasteiger partial charge in [-0.15, -0.1) is 0 Å². The Morgan fingerprint density at radius 2 is 1.57 bits per heavy atom. The fraction of sp³-hybridized carbons (Fsp3) is 0.269. The minimum absolute atomic E-state index is 0.0911. The van der Waals surface area contributed by atoms with E-state index in [1.807, 2.05) is 6.07 Å². The summed E-state index contributed by atoms with van der Waals surface area (Å²) in [6.07, 6.45) is 5.13. The van der Waals surface area contributed by atoms with Crippen molar-refractivity contribution in [1.82, 2.24) is 0 Å². The monoisotopic (exact) mass is 387 g/mol. The summed E-state index contributed by atoms with van der Waals surface area (Å²) in [5.74, 6) is 0.245. The third-order valence-corrected chi connectivity index (χ3v) is 7.71. The molecule has 1 unspecified atom stereocenters. The molecule has 0 saturated heterocycles. The van der Waals surface area contributed by atoms with Crippen molar-refractivity contribution in [2.45, 2.75) is 46.0 Å². The number of benzene rings is 3. The molecule has 142 valence electrons. The van der Waals surface area contributed by atoms with E-state index in [9.17, 15) is 4.79 Å². The molecule has 1 heterocycles. The fourth-order valence-electron chi connectivity index (χ4n) is 3.88. The Kier molecular flexibility index (Phi) is 5.59. The molecule has 4 aromatic rings. The number of hydrogen-bond acceptors (Lipinski definition) is 1. The van der Waals surface area contributed by atoms with Gasteiger partial charge < -0.3 is 0 Å². The first-order valence-electron chi connectivity index (χ1n) is 10.3. The number of unbranched alkanes of at least 4 members (excludes halogenated alkanes) is 1. The second-order valence-electron chi connectivity index (χ2n) is 7.43. The van der Waals surface area contributed by atoms with Crippen LogP contribution in [0.2, 0.25) is 0 Å². The highest BCUT2D eigenvalue weighted by Gasteiger charge is 2.24. The molecule has 0 spiro atoms. The summed E-state index contributed by atoms with van der Waals surface area (Å²) < 4.78 is 2.72. The number of carbonyl (C=O) groups is 1. The minimum Gasteiger partial charge on any atom is -0.294 e. The number of rotatable bonds is 7. The van der Waals surface area contributed by atoms with E-state index in [1.165, 1.54) is 43.5 Å². The van der Waals surface area contributed by atoms with Gasteiger partial charge in [0.05, 0.1) is 0 Å². The van der Waals surface area contributed by atoms with E-state index in [2.05, 4.69) is 74.5 Å². The molecule has 28 heavy (non-hydrogen) atoms. The highest BCUT2D eigenvalue weighted by molar-refractivity contribution is 7.50. The van der Waals surface area contributed by atoms with Crippen molar-refractivity contribution < 1.29 is 4.79 Å². The van der Waals surface area contributed by atoms with Crippen LogP contribution in [0.3, 0.4) is 0 Å². The second-order valence-corrected chi connectivity index (χ2v) is 9.40. The van der Waals surface area contributed by atoms with E-state index in [4.69, 9.17) is 0 Å². The molecule has 0 aliphatic rings. The van der Waals surface area contributed by atoms with E-state index in [-0.39, 0.29) is 16.3 Å². The Labute approximate surface area is 170 Å². The lowest BCUT2D eigenvalue weighted by Gasteiger charge is -2.00. The molecule has 0 N–H and O–H groups in total. The topological polar surface area (TPSA) is 17.1 Å². The molecule has 1 atom stereocenters. The Bertz CT molecular complexity index is 1120. The van der Waals surface area contributed by atoms with Crippen LogP contribution >= 0.6 is 10.5 Å². The van der Waals surface area contributed by atoms with Gasteiger partial charge in [0.1, 0.15) is 0 Å². The summed E-state index contributed by atoms with van der Waals surface area (Å²) in [5, 5.41) is 2.51. The predicted octanol–water partition coefficient (Wildman–Crippen LogP) is 8.06. The van der Waals surface area contributed by atoms with E-state index in [0.29, 0.717) is 6.42 Å². The van der Waals surface area contributed by atoms with Crippen LogP contribution in [-0.4, -0.2) is 5.78 Å². The Balaban J connectivity index is 1.86. The van der Waals surface area contributed by atoms with Gasteiger partial charge in [0.2, 0.25) is 0 Å². The van der Waals surface area contributed by atoms with Crippen LogP contribution in [0.4, 0.5) is 0 Å². The zero-order valence-electron chi connectivity index (χ0n) is 16.7. The molecule has 0 amide bonds. The van der Waals surface area contributed by atoms with Gasteiger partial charge in [-0.25, -0.2) is 0 Å². The van der Waals surface area contributed by atoms with Crippen LogP contribution in [-0.2, 0) is 6.42 Å². The van der Waals surface area contributed by atoms with Crippen molar-refractivity contribution in [3.8, 4) is 4.90 Å². The molecule has 0 fully saturated rings. The predicted molar refractivity (Wildman–Crippen MR) is 123 cm³/mol. The maximum Gasteiger partial charge on any atom is 0.187 e. The fourth-order valence-corrected chi connectivity index (χ4v) is 6.23. The van der Waals surface area contributed by atoms with Crippen LogP contribution in [0.1, 0.15) is 55.5 Å². The van der Waals surface area contributed by atoms with Gasteiger partial charge >= 0.3 is 0 Å². The summed E-state index contributed by atoms with van der Waals surface area (Å²) in [6.45, 7) is 4.30. The molecule has 0 aliphatic heterocycles. The lowest BCUT2D eigenvalue weighted by atomic mass is 10.0. The second kappa shape index (κ2) is 8.28. The van der Waals surface area contributed by atoms with E-state index in [1.54, 1.807) is 0 Å². The third kappa shape index (κ3) is 3.49. The first kappa shape index (κ1) is 18.9. The van der Waals surface area contributed by atoms with Gasteiger partial charge in [0, 0.05) is 33.2 Å². The van der Waals surface area contributed by atoms with Crippen LogP contribution in [0.15, 0.2) is 66.7 Å². The molecule has 4 rings (SSSR count). The van der Waals surface area contributed by atoms with Crippen molar-refractivity contribution in [3.63, 3.8) is 0 Å². The van der Waals surface area contributed by atoms with Gasteiger partial charge in [0.15, 0.2) is 20.1 Å². The van der Waals surface area contributed by atoms with Crippen molar-refractivity contribution >= 4 is 36.4 Å². The number of aryl methyl sites for hydroxylation is 1. The van der Waals surface area contributed by atoms with Crippen LogP contribution in [0, 0.1) is 0 Å². The average Bonchev–Trinajstić information content (AvgIpc) is 3.06. The average molecular weight is 388 g/mol.